The van der Waals surface area contributed by atoms with Crippen LogP contribution in [0, 0.1) is 11.8 Å². The number of rotatable bonds is 3. The van der Waals surface area contributed by atoms with Crippen LogP contribution in [0.15, 0.2) is 45.6 Å². The molecule has 27 heavy (non-hydrogen) atoms. The van der Waals surface area contributed by atoms with Crippen molar-refractivity contribution < 1.29 is 32.3 Å². The molecule has 1 aliphatic rings. The molecule has 144 valence electrons. The third kappa shape index (κ3) is 4.00. The highest BCUT2D eigenvalue weighted by atomic mass is 79.9. The van der Waals surface area contributed by atoms with Gasteiger partial charge in [0.05, 0.1) is 18.1 Å². The average Bonchev–Trinajstić information content (AvgIpc) is 3.14. The quantitative estimate of drug-likeness (QED) is 0.772. The van der Waals surface area contributed by atoms with Crippen molar-refractivity contribution in [1.29, 1.82) is 0 Å². The van der Waals surface area contributed by atoms with Crippen molar-refractivity contribution in [2.45, 2.75) is 18.6 Å². The predicted molar refractivity (Wildman–Crippen MR) is 89.7 cm³/mol. The van der Waals surface area contributed by atoms with E-state index in [1.807, 2.05) is 0 Å². The van der Waals surface area contributed by atoms with Crippen LogP contribution in [0.25, 0.3) is 0 Å². The SMILES string of the molecule is O=C(O)C1CC(C(F)(F)F)CN(C(=O)c2ccc(Br)cn2)C1c1ccco1. The predicted octanol–water partition coefficient (Wildman–Crippen LogP) is 3.90. The van der Waals surface area contributed by atoms with Crippen molar-refractivity contribution in [3.63, 3.8) is 0 Å². The van der Waals surface area contributed by atoms with Gasteiger partial charge in [-0.3, -0.25) is 9.59 Å². The number of likely N-dealkylation sites (tertiary alicyclic amines) is 1. The van der Waals surface area contributed by atoms with Gasteiger partial charge in [-0.2, -0.15) is 13.2 Å². The van der Waals surface area contributed by atoms with Crippen LogP contribution in [0.5, 0.6) is 0 Å². The summed E-state index contributed by atoms with van der Waals surface area (Å²) in [6.07, 6.45) is -2.64. The van der Waals surface area contributed by atoms with Crippen molar-refractivity contribution in [2.24, 2.45) is 11.8 Å². The van der Waals surface area contributed by atoms with E-state index in [1.165, 1.54) is 36.7 Å². The van der Waals surface area contributed by atoms with E-state index in [9.17, 15) is 27.9 Å². The van der Waals surface area contributed by atoms with Crippen LogP contribution in [0.1, 0.15) is 28.7 Å². The lowest BCUT2D eigenvalue weighted by molar-refractivity contribution is -0.197. The van der Waals surface area contributed by atoms with Gasteiger partial charge in [-0.15, -0.1) is 0 Å². The number of hydrogen-bond acceptors (Lipinski definition) is 4. The number of carboxylic acids is 1. The molecule has 3 heterocycles. The smallest absolute Gasteiger partial charge is 0.393 e. The van der Waals surface area contributed by atoms with Gasteiger partial charge in [0, 0.05) is 17.2 Å². The second kappa shape index (κ2) is 7.34. The highest BCUT2D eigenvalue weighted by Gasteiger charge is 2.52. The number of carboxylic acid groups (broad SMARTS) is 1. The normalized spacial score (nSPS) is 23.3. The molecular formula is C17H14BrF3N2O4. The second-order valence-electron chi connectivity index (χ2n) is 6.20. The molecule has 3 rings (SSSR count). The molecule has 2 aromatic rings. The number of hydrogen-bond donors (Lipinski definition) is 1. The summed E-state index contributed by atoms with van der Waals surface area (Å²) >= 11 is 3.17. The first-order valence-corrected chi connectivity index (χ1v) is 8.73. The molecule has 0 radical (unpaired) electrons. The molecular weight excluding hydrogens is 433 g/mol. The minimum Gasteiger partial charge on any atom is -0.481 e. The fourth-order valence-electron chi connectivity index (χ4n) is 3.22. The number of carbonyl (C=O) groups excluding carboxylic acids is 1. The molecule has 0 saturated carbocycles. The van der Waals surface area contributed by atoms with E-state index in [0.717, 1.165) is 4.90 Å². The monoisotopic (exact) mass is 446 g/mol. The van der Waals surface area contributed by atoms with Crippen molar-refractivity contribution in [3.05, 3.63) is 52.7 Å². The van der Waals surface area contributed by atoms with Crippen molar-refractivity contribution in [1.82, 2.24) is 9.88 Å². The first-order valence-electron chi connectivity index (χ1n) is 7.94. The highest BCUT2D eigenvalue weighted by molar-refractivity contribution is 9.10. The molecule has 3 unspecified atom stereocenters. The number of nitrogens with zero attached hydrogens (tertiary/aromatic N) is 2. The van der Waals surface area contributed by atoms with Crippen molar-refractivity contribution >= 4 is 27.8 Å². The van der Waals surface area contributed by atoms with E-state index < -0.39 is 48.9 Å². The molecule has 0 spiro atoms. The van der Waals surface area contributed by atoms with Gasteiger partial charge >= 0.3 is 12.1 Å². The summed E-state index contributed by atoms with van der Waals surface area (Å²) in [6, 6.07) is 4.67. The topological polar surface area (TPSA) is 83.6 Å². The molecule has 6 nitrogen and oxygen atoms in total. The molecule has 0 aliphatic carbocycles. The molecule has 1 aliphatic heterocycles. The largest absolute Gasteiger partial charge is 0.481 e. The zero-order valence-corrected chi connectivity index (χ0v) is 15.3. The van der Waals surface area contributed by atoms with Gasteiger partial charge in [-0.05, 0) is 46.6 Å². The van der Waals surface area contributed by atoms with Gasteiger partial charge in [0.25, 0.3) is 5.91 Å². The first-order chi connectivity index (χ1) is 12.7. The van der Waals surface area contributed by atoms with Gasteiger partial charge in [-0.25, -0.2) is 4.98 Å². The Bertz CT molecular complexity index is 824. The molecule has 1 N–H and O–H groups in total. The number of pyridine rings is 1. The van der Waals surface area contributed by atoms with Crippen LogP contribution in [0.4, 0.5) is 13.2 Å². The fourth-order valence-corrected chi connectivity index (χ4v) is 3.46. The molecule has 1 fully saturated rings. The Morgan fingerprint density at radius 2 is 2.04 bits per heavy atom. The Balaban J connectivity index is 2.04. The lowest BCUT2D eigenvalue weighted by Gasteiger charge is -2.42. The fraction of sp³-hybridized carbons (Fsp3) is 0.353. The number of piperidine rings is 1. The molecule has 10 heteroatoms. The first kappa shape index (κ1) is 19.4. The Hall–Kier alpha value is -2.36. The van der Waals surface area contributed by atoms with E-state index >= 15 is 0 Å². The van der Waals surface area contributed by atoms with Crippen LogP contribution in [0.2, 0.25) is 0 Å². The summed E-state index contributed by atoms with van der Waals surface area (Å²) in [4.78, 5) is 29.4. The Labute approximate surface area is 160 Å². The van der Waals surface area contributed by atoms with Gasteiger partial charge in [0.1, 0.15) is 17.5 Å². The Morgan fingerprint density at radius 3 is 2.56 bits per heavy atom. The number of halogens is 4. The molecule has 0 aromatic carbocycles. The molecule has 1 saturated heterocycles. The lowest BCUT2D eigenvalue weighted by atomic mass is 9.81. The van der Waals surface area contributed by atoms with Gasteiger partial charge in [-0.1, -0.05) is 0 Å². The molecule has 2 aromatic heterocycles. The number of alkyl halides is 3. The third-order valence-corrected chi connectivity index (χ3v) is 4.96. The minimum atomic E-state index is -4.63. The van der Waals surface area contributed by atoms with Crippen LogP contribution in [-0.4, -0.2) is 39.6 Å². The zero-order valence-electron chi connectivity index (χ0n) is 13.7. The van der Waals surface area contributed by atoms with E-state index in [0.29, 0.717) is 4.47 Å². The summed E-state index contributed by atoms with van der Waals surface area (Å²) < 4.78 is 45.9. The van der Waals surface area contributed by atoms with E-state index in [4.69, 9.17) is 4.42 Å². The maximum atomic E-state index is 13.4. The van der Waals surface area contributed by atoms with Crippen LogP contribution in [-0.2, 0) is 4.79 Å². The molecule has 3 atom stereocenters. The number of furan rings is 1. The second-order valence-corrected chi connectivity index (χ2v) is 7.11. The number of carbonyl (C=O) groups is 2. The zero-order chi connectivity index (χ0) is 19.8. The van der Waals surface area contributed by atoms with Crippen LogP contribution in [0.3, 0.4) is 0 Å². The van der Waals surface area contributed by atoms with Crippen molar-refractivity contribution in [2.75, 3.05) is 6.54 Å². The number of aliphatic carboxylic acids is 1. The standard InChI is InChI=1S/C17H14BrF3N2O4/c18-10-3-4-12(22-7-10)15(24)23-8-9(17(19,20)21)6-11(16(25)26)14(23)13-2-1-5-27-13/h1-5,7,9,11,14H,6,8H2,(H,25,26). The molecule has 0 bridgehead atoms. The Kier molecular flexibility index (Phi) is 5.27. The summed E-state index contributed by atoms with van der Waals surface area (Å²) in [5.41, 5.74) is -0.0817. The van der Waals surface area contributed by atoms with Crippen molar-refractivity contribution in [3.8, 4) is 0 Å². The third-order valence-electron chi connectivity index (χ3n) is 4.49. The Morgan fingerprint density at radius 1 is 1.30 bits per heavy atom. The van der Waals surface area contributed by atoms with Gasteiger partial charge < -0.3 is 14.4 Å². The van der Waals surface area contributed by atoms with E-state index in [-0.39, 0.29) is 11.5 Å². The lowest BCUT2D eigenvalue weighted by Crippen LogP contribution is -2.51. The highest BCUT2D eigenvalue weighted by Crippen LogP contribution is 2.44. The van der Waals surface area contributed by atoms with Crippen LogP contribution >= 0.6 is 15.9 Å². The number of aromatic nitrogens is 1. The maximum absolute atomic E-state index is 13.4. The summed E-state index contributed by atoms with van der Waals surface area (Å²) in [7, 11) is 0. The summed E-state index contributed by atoms with van der Waals surface area (Å²) in [5.74, 6) is -5.51. The minimum absolute atomic E-state index is 0.0817. The van der Waals surface area contributed by atoms with Gasteiger partial charge in [0.15, 0.2) is 0 Å². The summed E-state index contributed by atoms with van der Waals surface area (Å²) in [5, 5.41) is 9.53. The van der Waals surface area contributed by atoms with E-state index in [1.54, 1.807) is 0 Å². The van der Waals surface area contributed by atoms with E-state index in [2.05, 4.69) is 20.9 Å². The number of amides is 1. The average molecular weight is 447 g/mol. The molecule has 1 amide bonds. The summed E-state index contributed by atoms with van der Waals surface area (Å²) in [6.45, 7) is -0.671. The maximum Gasteiger partial charge on any atom is 0.393 e. The van der Waals surface area contributed by atoms with Crippen LogP contribution < -0.4 is 0 Å². The van der Waals surface area contributed by atoms with Gasteiger partial charge in [0.2, 0.25) is 0 Å².